The van der Waals surface area contributed by atoms with Crippen LogP contribution in [-0.2, 0) is 10.5 Å². The quantitative estimate of drug-likeness (QED) is 0.705. The first-order valence-corrected chi connectivity index (χ1v) is 7.48. The average molecular weight is 406 g/mol. The van der Waals surface area contributed by atoms with Crippen LogP contribution in [0.3, 0.4) is 0 Å². The summed E-state index contributed by atoms with van der Waals surface area (Å²) in [7, 11) is 1.54. The maximum Gasteiger partial charge on any atom is 0.228 e. The molecule has 2 unspecified atom stereocenters. The van der Waals surface area contributed by atoms with E-state index in [1.807, 2.05) is 6.92 Å². The lowest BCUT2D eigenvalue weighted by molar-refractivity contribution is -0.109. The molecule has 0 aromatic carbocycles. The number of methoxy groups -OCH3 is 1. The molecule has 2 aromatic rings. The monoisotopic (exact) mass is 406 g/mol. The van der Waals surface area contributed by atoms with Crippen LogP contribution in [0, 0.1) is 3.70 Å². The van der Waals surface area contributed by atoms with E-state index >= 15 is 0 Å². The topological polar surface area (TPSA) is 103 Å². The highest BCUT2D eigenvalue weighted by molar-refractivity contribution is 14.1. The van der Waals surface area contributed by atoms with Crippen molar-refractivity contribution >= 4 is 33.6 Å². The Hall–Kier alpha value is -1.04. The zero-order chi connectivity index (χ0) is 15.2. The third-order valence-electron chi connectivity index (χ3n) is 3.63. The minimum Gasteiger partial charge on any atom is -0.480 e. The number of halogens is 1. The Kier molecular flexibility index (Phi) is 3.76. The molecule has 1 fully saturated rings. The Balaban J connectivity index is 2.14. The molecule has 3 rings (SSSR count). The van der Waals surface area contributed by atoms with E-state index in [0.29, 0.717) is 27.0 Å². The van der Waals surface area contributed by atoms with Crippen molar-refractivity contribution in [1.29, 1.82) is 0 Å². The SMILES string of the molecule is COc1ncnc2c1c(I)nn2C1(C)CC(O)[C@@H](CO)O1. The van der Waals surface area contributed by atoms with Gasteiger partial charge in [-0.3, -0.25) is 0 Å². The van der Waals surface area contributed by atoms with Gasteiger partial charge in [-0.05, 0) is 29.5 Å². The van der Waals surface area contributed by atoms with Gasteiger partial charge in [0.25, 0.3) is 0 Å². The summed E-state index contributed by atoms with van der Waals surface area (Å²) in [6.45, 7) is 1.56. The van der Waals surface area contributed by atoms with Crippen LogP contribution in [0.25, 0.3) is 11.0 Å². The van der Waals surface area contributed by atoms with Gasteiger partial charge in [0.15, 0.2) is 11.4 Å². The van der Waals surface area contributed by atoms with E-state index in [-0.39, 0.29) is 6.61 Å². The van der Waals surface area contributed by atoms with Gasteiger partial charge in [0.05, 0.1) is 19.8 Å². The lowest BCUT2D eigenvalue weighted by Crippen LogP contribution is -2.32. The first-order chi connectivity index (χ1) is 10.00. The third-order valence-corrected chi connectivity index (χ3v) is 4.39. The van der Waals surface area contributed by atoms with E-state index in [4.69, 9.17) is 9.47 Å². The molecular weight excluding hydrogens is 391 g/mol. The van der Waals surface area contributed by atoms with Crippen LogP contribution < -0.4 is 4.74 Å². The summed E-state index contributed by atoms with van der Waals surface area (Å²) in [6.07, 6.45) is 0.335. The second-order valence-corrected chi connectivity index (χ2v) is 6.09. The van der Waals surface area contributed by atoms with Crippen molar-refractivity contribution < 1.29 is 19.7 Å². The molecule has 0 aliphatic carbocycles. The van der Waals surface area contributed by atoms with Gasteiger partial charge < -0.3 is 19.7 Å². The van der Waals surface area contributed by atoms with Crippen molar-refractivity contribution in [2.24, 2.45) is 0 Å². The number of aromatic nitrogens is 4. The van der Waals surface area contributed by atoms with Gasteiger partial charge in [-0.25, -0.2) is 14.6 Å². The Morgan fingerprint density at radius 1 is 1.57 bits per heavy atom. The van der Waals surface area contributed by atoms with Gasteiger partial charge in [0, 0.05) is 6.42 Å². The Morgan fingerprint density at radius 2 is 2.33 bits per heavy atom. The van der Waals surface area contributed by atoms with Gasteiger partial charge in [-0.15, -0.1) is 0 Å². The fraction of sp³-hybridized carbons (Fsp3) is 0.583. The molecule has 3 heterocycles. The van der Waals surface area contributed by atoms with Crippen LogP contribution in [0.1, 0.15) is 13.3 Å². The maximum absolute atomic E-state index is 9.98. The highest BCUT2D eigenvalue weighted by Crippen LogP contribution is 2.38. The normalized spacial score (nSPS) is 29.2. The zero-order valence-electron chi connectivity index (χ0n) is 11.5. The van der Waals surface area contributed by atoms with Gasteiger partial charge in [-0.2, -0.15) is 5.10 Å². The molecule has 8 nitrogen and oxygen atoms in total. The molecule has 0 spiro atoms. The van der Waals surface area contributed by atoms with Gasteiger partial charge >= 0.3 is 0 Å². The highest BCUT2D eigenvalue weighted by atomic mass is 127. The lowest BCUT2D eigenvalue weighted by atomic mass is 10.1. The number of nitrogens with zero attached hydrogens (tertiary/aromatic N) is 4. The molecule has 1 aliphatic heterocycles. The molecule has 3 atom stereocenters. The van der Waals surface area contributed by atoms with E-state index in [9.17, 15) is 10.2 Å². The Labute approximate surface area is 134 Å². The summed E-state index contributed by atoms with van der Waals surface area (Å²) in [5.41, 5.74) is -0.312. The molecule has 2 N–H and O–H groups in total. The van der Waals surface area contributed by atoms with Crippen molar-refractivity contribution in [3.05, 3.63) is 10.0 Å². The van der Waals surface area contributed by atoms with Gasteiger partial charge in [-0.1, -0.05) is 0 Å². The summed E-state index contributed by atoms with van der Waals surface area (Å²) in [6, 6.07) is 0. The smallest absolute Gasteiger partial charge is 0.228 e. The summed E-state index contributed by atoms with van der Waals surface area (Å²) in [5, 5.41) is 24.4. The van der Waals surface area contributed by atoms with Gasteiger partial charge in [0.1, 0.15) is 21.5 Å². The number of hydrogen-bond acceptors (Lipinski definition) is 7. The molecular formula is C12H15IN4O4. The largest absolute Gasteiger partial charge is 0.480 e. The molecule has 114 valence electrons. The molecule has 1 aliphatic rings. The predicted molar refractivity (Wildman–Crippen MR) is 80.8 cm³/mol. The van der Waals surface area contributed by atoms with Crippen molar-refractivity contribution in [3.8, 4) is 5.88 Å². The number of aliphatic hydroxyl groups is 2. The van der Waals surface area contributed by atoms with Crippen LogP contribution in [0.15, 0.2) is 6.33 Å². The van der Waals surface area contributed by atoms with E-state index in [0.717, 1.165) is 0 Å². The standard InChI is InChI=1S/C12H15IN4O4/c1-12(3-6(19)7(4-18)21-12)17-10-8(9(13)16-17)11(20-2)15-5-14-10/h5-7,18-19H,3-4H2,1-2H3/t6?,7-,12?/m1/s1. The first-order valence-electron chi connectivity index (χ1n) is 6.40. The maximum atomic E-state index is 9.98. The second-order valence-electron chi connectivity index (χ2n) is 5.07. The number of ether oxygens (including phenoxy) is 2. The summed E-state index contributed by atoms with van der Waals surface area (Å²) >= 11 is 2.08. The van der Waals surface area contributed by atoms with Crippen molar-refractivity contribution in [1.82, 2.24) is 19.7 Å². The fourth-order valence-corrected chi connectivity index (χ4v) is 3.33. The first kappa shape index (κ1) is 14.9. The summed E-state index contributed by atoms with van der Waals surface area (Å²) in [4.78, 5) is 8.33. The third kappa shape index (κ3) is 2.28. The van der Waals surface area contributed by atoms with Crippen LogP contribution in [0.4, 0.5) is 0 Å². The number of rotatable bonds is 3. The summed E-state index contributed by atoms with van der Waals surface area (Å²) in [5.74, 6) is 0.441. The Morgan fingerprint density at radius 3 is 2.95 bits per heavy atom. The zero-order valence-corrected chi connectivity index (χ0v) is 13.7. The van der Waals surface area contributed by atoms with Gasteiger partial charge in [0.2, 0.25) is 5.88 Å². The van der Waals surface area contributed by atoms with Crippen molar-refractivity contribution in [2.45, 2.75) is 31.3 Å². The number of aliphatic hydroxyl groups excluding tert-OH is 2. The van der Waals surface area contributed by atoms with Crippen LogP contribution in [0.2, 0.25) is 0 Å². The van der Waals surface area contributed by atoms with E-state index in [1.54, 1.807) is 4.68 Å². The highest BCUT2D eigenvalue weighted by Gasteiger charge is 2.45. The molecule has 1 saturated heterocycles. The summed E-state index contributed by atoms with van der Waals surface area (Å²) < 4.78 is 13.3. The predicted octanol–water partition coefficient (Wildman–Crippen LogP) is 0.254. The van der Waals surface area contributed by atoms with Crippen LogP contribution >= 0.6 is 22.6 Å². The van der Waals surface area contributed by atoms with Crippen molar-refractivity contribution in [2.75, 3.05) is 13.7 Å². The van der Waals surface area contributed by atoms with E-state index < -0.39 is 17.9 Å². The molecule has 2 aromatic heterocycles. The van der Waals surface area contributed by atoms with Crippen LogP contribution in [-0.4, -0.2) is 55.9 Å². The number of fused-ring (bicyclic) bond motifs is 1. The molecule has 0 bridgehead atoms. The molecule has 9 heteroatoms. The Bertz CT molecular complexity index is 679. The molecule has 0 amide bonds. The molecule has 0 saturated carbocycles. The average Bonchev–Trinajstić information content (AvgIpc) is 2.97. The lowest BCUT2D eigenvalue weighted by Gasteiger charge is -2.25. The fourth-order valence-electron chi connectivity index (χ4n) is 2.64. The minimum absolute atomic E-state index is 0.245. The molecule has 0 radical (unpaired) electrons. The minimum atomic E-state index is -0.881. The van der Waals surface area contributed by atoms with Crippen molar-refractivity contribution in [3.63, 3.8) is 0 Å². The number of hydrogen-bond donors (Lipinski definition) is 2. The van der Waals surface area contributed by atoms with Crippen LogP contribution in [0.5, 0.6) is 5.88 Å². The molecule has 21 heavy (non-hydrogen) atoms. The van der Waals surface area contributed by atoms with E-state index in [1.165, 1.54) is 13.4 Å². The second kappa shape index (κ2) is 5.30. The van der Waals surface area contributed by atoms with E-state index in [2.05, 4.69) is 37.7 Å².